The van der Waals surface area contributed by atoms with Crippen LogP contribution >= 0.6 is 0 Å². The Morgan fingerprint density at radius 3 is 2.88 bits per heavy atom. The molecule has 1 atom stereocenters. The number of pyridine rings is 1. The normalized spacial score (nSPS) is 18.0. The molecule has 1 saturated heterocycles. The lowest BCUT2D eigenvalue weighted by atomic mass is 10.3. The van der Waals surface area contributed by atoms with Crippen LogP contribution in [0.3, 0.4) is 0 Å². The maximum Gasteiger partial charge on any atom is 0.265 e. The van der Waals surface area contributed by atoms with Gasteiger partial charge in [-0.3, -0.25) is 9.88 Å². The van der Waals surface area contributed by atoms with Crippen LogP contribution in [0.2, 0.25) is 0 Å². The van der Waals surface area contributed by atoms with Gasteiger partial charge in [0.1, 0.15) is 11.9 Å². The van der Waals surface area contributed by atoms with Crippen molar-refractivity contribution in [2.24, 2.45) is 0 Å². The first kappa shape index (κ1) is 17.6. The first-order chi connectivity index (χ1) is 12.0. The fourth-order valence-corrected chi connectivity index (χ4v) is 2.85. The highest BCUT2D eigenvalue weighted by Gasteiger charge is 2.25. The summed E-state index contributed by atoms with van der Waals surface area (Å²) in [5, 5.41) is 3.95. The second-order valence-corrected chi connectivity index (χ2v) is 6.87. The van der Waals surface area contributed by atoms with E-state index in [0.717, 1.165) is 37.5 Å². The quantitative estimate of drug-likeness (QED) is 0.742. The van der Waals surface area contributed by atoms with E-state index in [2.05, 4.69) is 24.9 Å². The van der Waals surface area contributed by atoms with Crippen LogP contribution in [0, 0.1) is 0 Å². The Morgan fingerprint density at radius 2 is 2.16 bits per heavy atom. The van der Waals surface area contributed by atoms with Gasteiger partial charge in [-0.25, -0.2) is 0 Å². The van der Waals surface area contributed by atoms with Gasteiger partial charge in [-0.2, -0.15) is 4.98 Å². The summed E-state index contributed by atoms with van der Waals surface area (Å²) in [5.41, 5.74) is 1.01. The predicted molar refractivity (Wildman–Crippen MR) is 94.6 cm³/mol. The molecular weight excluding hydrogens is 320 g/mol. The van der Waals surface area contributed by atoms with Gasteiger partial charge in [-0.15, -0.1) is 0 Å². The van der Waals surface area contributed by atoms with E-state index in [1.54, 1.807) is 0 Å². The van der Waals surface area contributed by atoms with Gasteiger partial charge < -0.3 is 19.1 Å². The molecule has 3 heterocycles. The zero-order valence-corrected chi connectivity index (χ0v) is 15.3. The van der Waals surface area contributed by atoms with Crippen LogP contribution in [-0.4, -0.2) is 72.3 Å². The number of hydrogen-bond donors (Lipinski definition) is 0. The van der Waals surface area contributed by atoms with Gasteiger partial charge in [0.05, 0.1) is 12.2 Å². The van der Waals surface area contributed by atoms with Crippen molar-refractivity contribution < 1.29 is 9.26 Å². The van der Waals surface area contributed by atoms with Crippen molar-refractivity contribution in [1.29, 1.82) is 0 Å². The molecule has 0 spiro atoms. The van der Waals surface area contributed by atoms with Crippen LogP contribution in [0.5, 0.6) is 5.75 Å². The summed E-state index contributed by atoms with van der Waals surface area (Å²) in [6.07, 6.45) is 2.97. The summed E-state index contributed by atoms with van der Waals surface area (Å²) >= 11 is 0. The maximum atomic E-state index is 6.13. The first-order valence-electron chi connectivity index (χ1n) is 8.48. The molecule has 1 unspecified atom stereocenters. The molecular formula is C17H26N6O2. The topological polar surface area (TPSA) is 70.8 Å². The van der Waals surface area contributed by atoms with E-state index in [9.17, 15) is 0 Å². The van der Waals surface area contributed by atoms with Crippen LogP contribution in [0.15, 0.2) is 22.9 Å². The van der Waals surface area contributed by atoms with Crippen molar-refractivity contribution >= 4 is 5.95 Å². The molecule has 8 nitrogen and oxygen atoms in total. The molecule has 0 radical (unpaired) electrons. The molecule has 2 aromatic rings. The molecule has 2 aromatic heterocycles. The number of hydrogen-bond acceptors (Lipinski definition) is 8. The Kier molecular flexibility index (Phi) is 5.50. The summed E-state index contributed by atoms with van der Waals surface area (Å²) in [7, 11) is 7.86. The SMILES string of the molecule is CN(C)Cc1cc(OC2CCN(Cc3nc(N(C)C)no3)C2)ccn1. The smallest absolute Gasteiger partial charge is 0.265 e. The Labute approximate surface area is 148 Å². The molecule has 1 aliphatic heterocycles. The number of rotatable bonds is 7. The molecule has 0 saturated carbocycles. The van der Waals surface area contributed by atoms with E-state index in [1.165, 1.54) is 0 Å². The number of anilines is 1. The molecule has 1 fully saturated rings. The summed E-state index contributed by atoms with van der Waals surface area (Å²) in [6, 6.07) is 3.94. The van der Waals surface area contributed by atoms with Gasteiger partial charge in [0.25, 0.3) is 5.95 Å². The molecule has 0 aromatic carbocycles. The summed E-state index contributed by atoms with van der Waals surface area (Å²) in [4.78, 5) is 15.0. The van der Waals surface area contributed by atoms with Gasteiger partial charge >= 0.3 is 0 Å². The second-order valence-electron chi connectivity index (χ2n) is 6.87. The zero-order valence-electron chi connectivity index (χ0n) is 15.3. The molecule has 0 aliphatic carbocycles. The fraction of sp³-hybridized carbons (Fsp3) is 0.588. The van der Waals surface area contributed by atoms with Crippen LogP contribution in [-0.2, 0) is 13.1 Å². The minimum atomic E-state index is 0.172. The van der Waals surface area contributed by atoms with Gasteiger partial charge in [-0.05, 0) is 31.7 Å². The van der Waals surface area contributed by atoms with Crippen molar-refractivity contribution in [2.75, 3.05) is 46.2 Å². The lowest BCUT2D eigenvalue weighted by Gasteiger charge is -2.16. The molecule has 0 N–H and O–H groups in total. The first-order valence-corrected chi connectivity index (χ1v) is 8.48. The number of ether oxygens (including phenoxy) is 1. The minimum Gasteiger partial charge on any atom is -0.489 e. The van der Waals surface area contributed by atoms with Crippen molar-refractivity contribution in [1.82, 2.24) is 24.9 Å². The molecule has 3 rings (SSSR count). The van der Waals surface area contributed by atoms with Crippen LogP contribution in [0.25, 0.3) is 0 Å². The summed E-state index contributed by atoms with van der Waals surface area (Å²) in [6.45, 7) is 3.27. The number of likely N-dealkylation sites (tertiary alicyclic amines) is 1. The lowest BCUT2D eigenvalue weighted by molar-refractivity contribution is 0.190. The van der Waals surface area contributed by atoms with Gasteiger partial charge in [0.15, 0.2) is 0 Å². The van der Waals surface area contributed by atoms with E-state index in [0.29, 0.717) is 18.4 Å². The molecule has 8 heteroatoms. The Hall–Kier alpha value is -2.19. The van der Waals surface area contributed by atoms with E-state index < -0.39 is 0 Å². The van der Waals surface area contributed by atoms with Crippen molar-refractivity contribution in [3.63, 3.8) is 0 Å². The summed E-state index contributed by atoms with van der Waals surface area (Å²) in [5.74, 6) is 2.13. The Balaban J connectivity index is 1.52. The minimum absolute atomic E-state index is 0.172. The highest BCUT2D eigenvalue weighted by molar-refractivity contribution is 5.24. The Bertz CT molecular complexity index is 687. The largest absolute Gasteiger partial charge is 0.489 e. The van der Waals surface area contributed by atoms with E-state index in [1.807, 2.05) is 51.4 Å². The molecule has 1 aliphatic rings. The van der Waals surface area contributed by atoms with Crippen LogP contribution in [0.4, 0.5) is 5.95 Å². The predicted octanol–water partition coefficient (Wildman–Crippen LogP) is 1.25. The third-order valence-electron chi connectivity index (χ3n) is 4.01. The molecule has 0 bridgehead atoms. The highest BCUT2D eigenvalue weighted by atomic mass is 16.5. The second kappa shape index (κ2) is 7.79. The van der Waals surface area contributed by atoms with Gasteiger partial charge in [0.2, 0.25) is 5.89 Å². The van der Waals surface area contributed by atoms with Crippen LogP contribution in [0.1, 0.15) is 18.0 Å². The fourth-order valence-electron chi connectivity index (χ4n) is 2.85. The average Bonchev–Trinajstić information content (AvgIpc) is 3.17. The van der Waals surface area contributed by atoms with Gasteiger partial charge in [-0.1, -0.05) is 0 Å². The van der Waals surface area contributed by atoms with E-state index >= 15 is 0 Å². The Morgan fingerprint density at radius 1 is 1.32 bits per heavy atom. The van der Waals surface area contributed by atoms with Crippen molar-refractivity contribution in [3.05, 3.63) is 29.9 Å². The van der Waals surface area contributed by atoms with Crippen LogP contribution < -0.4 is 9.64 Å². The molecule has 0 amide bonds. The van der Waals surface area contributed by atoms with Gasteiger partial charge in [0, 0.05) is 46.0 Å². The third-order valence-corrected chi connectivity index (χ3v) is 4.01. The standard InChI is InChI=1S/C17H26N6O2/c1-21(2)10-13-9-14(5-7-18-13)24-15-6-8-23(11-15)12-16-19-17(20-25-16)22(3)4/h5,7,9,15H,6,8,10-12H2,1-4H3. The van der Waals surface area contributed by atoms with E-state index in [4.69, 9.17) is 9.26 Å². The van der Waals surface area contributed by atoms with Crippen molar-refractivity contribution in [3.8, 4) is 5.75 Å². The lowest BCUT2D eigenvalue weighted by Crippen LogP contribution is -2.24. The van der Waals surface area contributed by atoms with Crippen molar-refractivity contribution in [2.45, 2.75) is 25.6 Å². The highest BCUT2D eigenvalue weighted by Crippen LogP contribution is 2.20. The van der Waals surface area contributed by atoms with E-state index in [-0.39, 0.29) is 6.10 Å². The summed E-state index contributed by atoms with van der Waals surface area (Å²) < 4.78 is 11.4. The number of aromatic nitrogens is 3. The number of nitrogens with zero attached hydrogens (tertiary/aromatic N) is 6. The maximum absolute atomic E-state index is 6.13. The third kappa shape index (κ3) is 4.90. The molecule has 136 valence electrons. The average molecular weight is 346 g/mol. The molecule has 25 heavy (non-hydrogen) atoms. The monoisotopic (exact) mass is 346 g/mol. The zero-order chi connectivity index (χ0) is 17.8.